The summed E-state index contributed by atoms with van der Waals surface area (Å²) in [4.78, 5) is 26.2. The highest BCUT2D eigenvalue weighted by Gasteiger charge is 2.31. The fraction of sp³-hybridized carbons (Fsp3) is 0.286. The van der Waals surface area contributed by atoms with Crippen LogP contribution in [0.1, 0.15) is 49.2 Å². The monoisotopic (exact) mass is 395 g/mol. The molecule has 1 aliphatic carbocycles. The second kappa shape index (κ2) is 7.59. The second-order valence-electron chi connectivity index (χ2n) is 6.84. The number of hydrogen-bond acceptors (Lipinski definition) is 5. The van der Waals surface area contributed by atoms with Crippen LogP contribution in [0.25, 0.3) is 0 Å². The largest absolute Gasteiger partial charge is 0.465 e. The molecule has 0 aliphatic heterocycles. The smallest absolute Gasteiger partial charge is 0.341 e. The number of benzene rings is 1. The maximum absolute atomic E-state index is 12.6. The molecule has 144 valence electrons. The highest BCUT2D eigenvalue weighted by Crippen LogP contribution is 2.42. The van der Waals surface area contributed by atoms with E-state index in [1.807, 2.05) is 6.07 Å². The molecule has 6 nitrogen and oxygen atoms in total. The summed E-state index contributed by atoms with van der Waals surface area (Å²) >= 11 is 1.47. The SMILES string of the molecule is COC(=O)c1c(NC(=O)c2ccnn2C)sc2c1CC[C@H](c1ccccc1)C2. The third kappa shape index (κ3) is 3.33. The Kier molecular flexibility index (Phi) is 5.00. The molecule has 2 heterocycles. The van der Waals surface area contributed by atoms with Crippen molar-refractivity contribution in [3.8, 4) is 0 Å². The predicted octanol–water partition coefficient (Wildman–Crippen LogP) is 3.79. The van der Waals surface area contributed by atoms with Gasteiger partial charge in [0.15, 0.2) is 0 Å². The Bertz CT molecular complexity index is 1020. The molecule has 0 saturated carbocycles. The van der Waals surface area contributed by atoms with E-state index in [0.717, 1.165) is 29.7 Å². The van der Waals surface area contributed by atoms with E-state index in [-0.39, 0.29) is 5.91 Å². The maximum atomic E-state index is 12.6. The molecule has 0 radical (unpaired) electrons. The molecule has 0 saturated heterocycles. The van der Waals surface area contributed by atoms with E-state index in [9.17, 15) is 9.59 Å². The molecular formula is C21H21N3O3S. The number of aromatic nitrogens is 2. The van der Waals surface area contributed by atoms with Crippen molar-refractivity contribution in [1.82, 2.24) is 9.78 Å². The van der Waals surface area contributed by atoms with Gasteiger partial charge in [-0.2, -0.15) is 5.10 Å². The summed E-state index contributed by atoms with van der Waals surface area (Å²) in [7, 11) is 3.08. The van der Waals surface area contributed by atoms with Crippen LogP contribution in [0.15, 0.2) is 42.6 Å². The number of nitrogens with one attached hydrogen (secondary N) is 1. The number of fused-ring (bicyclic) bond motifs is 1. The molecule has 1 amide bonds. The quantitative estimate of drug-likeness (QED) is 0.682. The molecule has 2 aromatic heterocycles. The summed E-state index contributed by atoms with van der Waals surface area (Å²) in [6.07, 6.45) is 4.18. The lowest BCUT2D eigenvalue weighted by Gasteiger charge is -2.22. The van der Waals surface area contributed by atoms with Crippen LogP contribution in [0.5, 0.6) is 0 Å². The minimum absolute atomic E-state index is 0.289. The average Bonchev–Trinajstić information content (AvgIpc) is 3.30. The Labute approximate surface area is 167 Å². The Morgan fingerprint density at radius 3 is 2.71 bits per heavy atom. The molecule has 1 aromatic carbocycles. The molecule has 1 atom stereocenters. The standard InChI is InChI=1S/C21H21N3O3S/c1-24-16(10-11-22-24)19(25)23-20-18(21(26)27-2)15-9-8-14(12-17(15)28-20)13-6-4-3-5-7-13/h3-7,10-11,14H,8-9,12H2,1-2H3,(H,23,25)/t14-/m0/s1. The molecule has 1 N–H and O–H groups in total. The van der Waals surface area contributed by atoms with Gasteiger partial charge in [0, 0.05) is 18.1 Å². The number of methoxy groups -OCH3 is 1. The number of amides is 1. The average molecular weight is 395 g/mol. The zero-order valence-electron chi connectivity index (χ0n) is 15.8. The number of nitrogens with zero attached hydrogens (tertiary/aromatic N) is 2. The Balaban J connectivity index is 1.66. The Morgan fingerprint density at radius 2 is 2.04 bits per heavy atom. The van der Waals surface area contributed by atoms with E-state index in [0.29, 0.717) is 22.2 Å². The van der Waals surface area contributed by atoms with Crippen LogP contribution in [0, 0.1) is 0 Å². The van der Waals surface area contributed by atoms with Crippen LogP contribution in [0.3, 0.4) is 0 Å². The number of aryl methyl sites for hydroxylation is 1. The second-order valence-corrected chi connectivity index (χ2v) is 7.95. The summed E-state index contributed by atoms with van der Waals surface area (Å²) in [6.45, 7) is 0. The number of thiophene rings is 1. The van der Waals surface area contributed by atoms with Crippen molar-refractivity contribution in [1.29, 1.82) is 0 Å². The van der Waals surface area contributed by atoms with Crippen molar-refractivity contribution in [2.45, 2.75) is 25.2 Å². The first-order chi connectivity index (χ1) is 13.6. The van der Waals surface area contributed by atoms with E-state index >= 15 is 0 Å². The zero-order valence-corrected chi connectivity index (χ0v) is 16.6. The number of rotatable bonds is 4. The first kappa shape index (κ1) is 18.4. The fourth-order valence-corrected chi connectivity index (χ4v) is 5.08. The van der Waals surface area contributed by atoms with Crippen LogP contribution < -0.4 is 5.32 Å². The Hall–Kier alpha value is -2.93. The van der Waals surface area contributed by atoms with E-state index in [1.54, 1.807) is 19.3 Å². The van der Waals surface area contributed by atoms with Gasteiger partial charge < -0.3 is 10.1 Å². The lowest BCUT2D eigenvalue weighted by Crippen LogP contribution is -2.18. The van der Waals surface area contributed by atoms with Crippen molar-refractivity contribution >= 4 is 28.2 Å². The fourth-order valence-electron chi connectivity index (χ4n) is 3.77. The molecule has 0 bridgehead atoms. The van der Waals surface area contributed by atoms with Gasteiger partial charge in [-0.3, -0.25) is 9.48 Å². The highest BCUT2D eigenvalue weighted by molar-refractivity contribution is 7.17. The maximum Gasteiger partial charge on any atom is 0.341 e. The summed E-state index contributed by atoms with van der Waals surface area (Å²) in [5, 5.41) is 7.48. The summed E-state index contributed by atoms with van der Waals surface area (Å²) in [6, 6.07) is 12.1. The van der Waals surface area contributed by atoms with Crippen LogP contribution in [-0.4, -0.2) is 28.8 Å². The van der Waals surface area contributed by atoms with Crippen molar-refractivity contribution in [2.24, 2.45) is 7.05 Å². The van der Waals surface area contributed by atoms with Gasteiger partial charge in [-0.1, -0.05) is 30.3 Å². The number of carbonyl (C=O) groups excluding carboxylic acids is 2. The van der Waals surface area contributed by atoms with Crippen LogP contribution in [-0.2, 0) is 24.6 Å². The van der Waals surface area contributed by atoms with Crippen LogP contribution in [0.2, 0.25) is 0 Å². The number of hydrogen-bond donors (Lipinski definition) is 1. The van der Waals surface area contributed by atoms with Gasteiger partial charge in [-0.05, 0) is 42.4 Å². The summed E-state index contributed by atoms with van der Waals surface area (Å²) < 4.78 is 6.51. The lowest BCUT2D eigenvalue weighted by atomic mass is 9.83. The molecular weight excluding hydrogens is 374 g/mol. The third-order valence-electron chi connectivity index (χ3n) is 5.21. The topological polar surface area (TPSA) is 73.2 Å². The van der Waals surface area contributed by atoms with Gasteiger partial charge in [-0.25, -0.2) is 4.79 Å². The normalized spacial score (nSPS) is 15.7. The van der Waals surface area contributed by atoms with Crippen LogP contribution >= 0.6 is 11.3 Å². The number of esters is 1. The first-order valence-electron chi connectivity index (χ1n) is 9.15. The summed E-state index contributed by atoms with van der Waals surface area (Å²) in [5.74, 6) is -0.280. The molecule has 1 aliphatic rings. The van der Waals surface area contributed by atoms with Crippen molar-refractivity contribution in [2.75, 3.05) is 12.4 Å². The number of anilines is 1. The lowest BCUT2D eigenvalue weighted by molar-refractivity contribution is 0.0601. The minimum atomic E-state index is -0.407. The highest BCUT2D eigenvalue weighted by atomic mass is 32.1. The molecule has 0 unspecified atom stereocenters. The first-order valence-corrected chi connectivity index (χ1v) is 9.97. The van der Waals surface area contributed by atoms with Gasteiger partial charge in [0.05, 0.1) is 12.7 Å². The predicted molar refractivity (Wildman–Crippen MR) is 108 cm³/mol. The van der Waals surface area contributed by atoms with Gasteiger partial charge in [-0.15, -0.1) is 11.3 Å². The molecule has 4 rings (SSSR count). The third-order valence-corrected chi connectivity index (χ3v) is 6.38. The number of carbonyl (C=O) groups is 2. The molecule has 0 fully saturated rings. The molecule has 0 spiro atoms. The van der Waals surface area contributed by atoms with Crippen molar-refractivity contribution < 1.29 is 14.3 Å². The van der Waals surface area contributed by atoms with Gasteiger partial charge in [0.1, 0.15) is 10.7 Å². The van der Waals surface area contributed by atoms with Crippen LogP contribution in [0.4, 0.5) is 5.00 Å². The molecule has 3 aromatic rings. The number of ether oxygens (including phenoxy) is 1. The van der Waals surface area contributed by atoms with Crippen molar-refractivity contribution in [3.05, 3.63) is 69.9 Å². The summed E-state index contributed by atoms with van der Waals surface area (Å²) in [5.41, 5.74) is 3.24. The van der Waals surface area contributed by atoms with Gasteiger partial charge in [0.25, 0.3) is 5.91 Å². The van der Waals surface area contributed by atoms with E-state index in [2.05, 4.69) is 34.7 Å². The Morgan fingerprint density at radius 1 is 1.25 bits per heavy atom. The van der Waals surface area contributed by atoms with Crippen molar-refractivity contribution in [3.63, 3.8) is 0 Å². The minimum Gasteiger partial charge on any atom is -0.465 e. The van der Waals surface area contributed by atoms with Gasteiger partial charge >= 0.3 is 5.97 Å². The molecule has 7 heteroatoms. The van der Waals surface area contributed by atoms with E-state index in [1.165, 1.54) is 28.7 Å². The van der Waals surface area contributed by atoms with E-state index in [4.69, 9.17) is 4.74 Å². The zero-order chi connectivity index (χ0) is 19.7. The van der Waals surface area contributed by atoms with Gasteiger partial charge in [0.2, 0.25) is 0 Å². The molecule has 28 heavy (non-hydrogen) atoms. The van der Waals surface area contributed by atoms with E-state index < -0.39 is 5.97 Å².